The van der Waals surface area contributed by atoms with E-state index in [0.717, 1.165) is 11.3 Å². The summed E-state index contributed by atoms with van der Waals surface area (Å²) in [5.41, 5.74) is -0.551. The van der Waals surface area contributed by atoms with Crippen LogP contribution in [0.25, 0.3) is 0 Å². The van der Waals surface area contributed by atoms with Crippen molar-refractivity contribution in [2.24, 2.45) is 11.3 Å². The van der Waals surface area contributed by atoms with E-state index in [1.165, 1.54) is 25.7 Å². The highest BCUT2D eigenvalue weighted by molar-refractivity contribution is 6.60. The highest BCUT2D eigenvalue weighted by atomic mass is 35.5. The maximum absolute atomic E-state index is 8.77. The molecule has 0 amide bonds. The van der Waals surface area contributed by atoms with Gasteiger partial charge in [0.05, 0.1) is 0 Å². The summed E-state index contributed by atoms with van der Waals surface area (Å²) in [6.45, 7) is 2.46. The number of rotatable bonds is 0. The molecule has 3 heteroatoms. The number of carbonyl (C=O) groups is 1. The van der Waals surface area contributed by atoms with Crippen LogP contribution in [-0.2, 0) is 0 Å². The number of hydrogen-bond donors (Lipinski definition) is 1. The molecule has 2 bridgehead atoms. The van der Waals surface area contributed by atoms with Crippen molar-refractivity contribution in [3.05, 3.63) is 0 Å². The molecule has 0 aliphatic heterocycles. The molecular formula is C9H15ClO2. The zero-order valence-electron chi connectivity index (χ0n) is 7.35. The van der Waals surface area contributed by atoms with Crippen molar-refractivity contribution in [1.82, 2.24) is 0 Å². The number of hydrogen-bond acceptors (Lipinski definition) is 1. The lowest BCUT2D eigenvalue weighted by Gasteiger charge is -2.18. The van der Waals surface area contributed by atoms with Gasteiger partial charge in [-0.2, -0.15) is 0 Å². The molecule has 0 radical (unpaired) electrons. The summed E-state index contributed by atoms with van der Waals surface area (Å²) in [6, 6.07) is 0. The summed E-state index contributed by atoms with van der Waals surface area (Å²) in [4.78, 5) is 8.77. The summed E-state index contributed by atoms with van der Waals surface area (Å²) in [7, 11) is 0. The van der Waals surface area contributed by atoms with E-state index >= 15 is 0 Å². The number of carboxylic acid groups (broad SMARTS) is 1. The fourth-order valence-corrected chi connectivity index (χ4v) is 2.48. The van der Waals surface area contributed by atoms with Crippen molar-refractivity contribution in [2.45, 2.75) is 39.0 Å². The fraction of sp³-hybridized carbons (Fsp3) is 0.889. The van der Waals surface area contributed by atoms with Gasteiger partial charge in [-0.15, -0.1) is 0 Å². The lowest BCUT2D eigenvalue weighted by molar-refractivity contribution is 0.220. The van der Waals surface area contributed by atoms with Gasteiger partial charge in [-0.3, -0.25) is 0 Å². The van der Waals surface area contributed by atoms with E-state index in [1.54, 1.807) is 6.42 Å². The minimum Gasteiger partial charge on any atom is -0.469 e. The Bertz CT molecular complexity index is 167. The minimum atomic E-state index is -1.36. The molecule has 2 saturated carbocycles. The molecular weight excluding hydrogens is 176 g/mol. The van der Waals surface area contributed by atoms with E-state index in [9.17, 15) is 0 Å². The summed E-state index contributed by atoms with van der Waals surface area (Å²) in [6.07, 6.45) is 7.68. The van der Waals surface area contributed by atoms with Crippen LogP contribution in [-0.4, -0.2) is 10.5 Å². The minimum absolute atomic E-state index is 0.810. The maximum Gasteiger partial charge on any atom is 0.401 e. The lowest BCUT2D eigenvalue weighted by Crippen LogP contribution is -2.06. The average Bonchev–Trinajstić information content (AvgIpc) is 2.43. The van der Waals surface area contributed by atoms with Gasteiger partial charge in [-0.1, -0.05) is 6.92 Å². The molecule has 2 fully saturated rings. The molecule has 1 N–H and O–H groups in total. The predicted octanol–water partition coefficient (Wildman–Crippen LogP) is 3.49. The van der Waals surface area contributed by atoms with E-state index in [2.05, 4.69) is 18.5 Å². The van der Waals surface area contributed by atoms with Crippen LogP contribution >= 0.6 is 11.6 Å². The van der Waals surface area contributed by atoms with Gasteiger partial charge in [0.25, 0.3) is 0 Å². The topological polar surface area (TPSA) is 37.3 Å². The quantitative estimate of drug-likeness (QED) is 0.594. The molecule has 0 heterocycles. The summed E-state index contributed by atoms with van der Waals surface area (Å²) in [5, 5.41) is 7.18. The van der Waals surface area contributed by atoms with Gasteiger partial charge in [0.15, 0.2) is 0 Å². The van der Waals surface area contributed by atoms with Crippen LogP contribution in [0.1, 0.15) is 39.0 Å². The normalized spacial score (nSPS) is 37.3. The van der Waals surface area contributed by atoms with E-state index in [0.29, 0.717) is 0 Å². The molecule has 2 aliphatic carbocycles. The summed E-state index contributed by atoms with van der Waals surface area (Å²) in [5.74, 6) is 1.14. The molecule has 70 valence electrons. The Kier molecular flexibility index (Phi) is 2.99. The van der Waals surface area contributed by atoms with E-state index in [4.69, 9.17) is 9.90 Å². The second kappa shape index (κ2) is 3.65. The Morgan fingerprint density at radius 2 is 1.92 bits per heavy atom. The Morgan fingerprint density at radius 3 is 2.00 bits per heavy atom. The fourth-order valence-electron chi connectivity index (χ4n) is 2.48. The van der Waals surface area contributed by atoms with Crippen LogP contribution in [0.5, 0.6) is 0 Å². The first-order chi connectivity index (χ1) is 5.52. The third kappa shape index (κ3) is 2.67. The second-order valence-electron chi connectivity index (χ2n) is 4.21. The van der Waals surface area contributed by atoms with Crippen molar-refractivity contribution in [3.8, 4) is 0 Å². The van der Waals surface area contributed by atoms with Gasteiger partial charge >= 0.3 is 5.43 Å². The number of fused-ring (bicyclic) bond motifs is 2. The molecule has 0 atom stereocenters. The predicted molar refractivity (Wildman–Crippen MR) is 48.6 cm³/mol. The van der Waals surface area contributed by atoms with Crippen molar-refractivity contribution >= 4 is 17.0 Å². The van der Waals surface area contributed by atoms with Crippen LogP contribution in [0.3, 0.4) is 0 Å². The molecule has 2 nitrogen and oxygen atoms in total. The molecule has 0 aromatic carbocycles. The summed E-state index contributed by atoms with van der Waals surface area (Å²) < 4.78 is 0. The number of halogens is 1. The SMILES string of the molecule is CC12CCC(CC1)C2.O=C(O)Cl. The third-order valence-electron chi connectivity index (χ3n) is 3.09. The Labute approximate surface area is 77.9 Å². The molecule has 12 heavy (non-hydrogen) atoms. The zero-order valence-corrected chi connectivity index (χ0v) is 8.10. The standard InChI is InChI=1S/C8H14.CHClO2/c1-8-4-2-7(6-8)3-5-8;2-1(3)4/h7H,2-6H2,1H3;(H,3,4). The Morgan fingerprint density at radius 1 is 1.50 bits per heavy atom. The molecule has 2 rings (SSSR count). The van der Waals surface area contributed by atoms with Crippen LogP contribution in [0.15, 0.2) is 0 Å². The smallest absolute Gasteiger partial charge is 0.401 e. The first kappa shape index (κ1) is 9.85. The van der Waals surface area contributed by atoms with Gasteiger partial charge in [-0.25, -0.2) is 4.79 Å². The molecule has 0 aromatic heterocycles. The van der Waals surface area contributed by atoms with Crippen molar-refractivity contribution in [2.75, 3.05) is 0 Å². The van der Waals surface area contributed by atoms with E-state index in [1.807, 2.05) is 0 Å². The van der Waals surface area contributed by atoms with Crippen molar-refractivity contribution < 1.29 is 9.90 Å². The first-order valence-electron chi connectivity index (χ1n) is 4.40. The molecule has 0 saturated heterocycles. The first-order valence-corrected chi connectivity index (χ1v) is 4.78. The largest absolute Gasteiger partial charge is 0.469 e. The molecule has 0 spiro atoms. The average molecular weight is 191 g/mol. The van der Waals surface area contributed by atoms with E-state index < -0.39 is 5.43 Å². The Hall–Kier alpha value is -0.240. The monoisotopic (exact) mass is 190 g/mol. The molecule has 0 unspecified atom stereocenters. The second-order valence-corrected chi connectivity index (χ2v) is 4.53. The van der Waals surface area contributed by atoms with Gasteiger partial charge in [0.1, 0.15) is 0 Å². The van der Waals surface area contributed by atoms with Gasteiger partial charge < -0.3 is 5.11 Å². The lowest BCUT2D eigenvalue weighted by atomic mass is 9.87. The van der Waals surface area contributed by atoms with Crippen LogP contribution in [0.4, 0.5) is 4.79 Å². The van der Waals surface area contributed by atoms with Crippen molar-refractivity contribution in [1.29, 1.82) is 0 Å². The third-order valence-corrected chi connectivity index (χ3v) is 3.09. The maximum atomic E-state index is 8.77. The highest BCUT2D eigenvalue weighted by Gasteiger charge is 2.40. The molecule has 0 aromatic rings. The van der Waals surface area contributed by atoms with Crippen LogP contribution < -0.4 is 0 Å². The van der Waals surface area contributed by atoms with Gasteiger partial charge in [0.2, 0.25) is 0 Å². The van der Waals surface area contributed by atoms with Gasteiger partial charge in [0, 0.05) is 11.6 Å². The van der Waals surface area contributed by atoms with E-state index in [-0.39, 0.29) is 0 Å². The van der Waals surface area contributed by atoms with Crippen LogP contribution in [0, 0.1) is 11.3 Å². The summed E-state index contributed by atoms with van der Waals surface area (Å²) >= 11 is 4.19. The van der Waals surface area contributed by atoms with Gasteiger partial charge in [-0.05, 0) is 43.4 Å². The van der Waals surface area contributed by atoms with Crippen LogP contribution in [0.2, 0.25) is 0 Å². The van der Waals surface area contributed by atoms with Crippen molar-refractivity contribution in [3.63, 3.8) is 0 Å². The molecule has 2 aliphatic rings. The highest BCUT2D eigenvalue weighted by Crippen LogP contribution is 2.53. The Balaban J connectivity index is 0.000000157. The zero-order chi connectivity index (χ0) is 9.19.